The third-order valence-corrected chi connectivity index (χ3v) is 2.84. The number of nitrogens with zero attached hydrogens (tertiary/aromatic N) is 2. The lowest BCUT2D eigenvalue weighted by Gasteiger charge is -2.09. The van der Waals surface area contributed by atoms with Crippen LogP contribution in [0.4, 0.5) is 8.78 Å². The van der Waals surface area contributed by atoms with Gasteiger partial charge in [0.05, 0.1) is 24.9 Å². The summed E-state index contributed by atoms with van der Waals surface area (Å²) < 4.78 is 27.0. The Labute approximate surface area is 113 Å². The third kappa shape index (κ3) is 3.00. The van der Waals surface area contributed by atoms with Gasteiger partial charge in [-0.1, -0.05) is 12.1 Å². The number of hydrogen-bond acceptors (Lipinski definition) is 3. The fourth-order valence-corrected chi connectivity index (χ4v) is 1.84. The molecule has 0 fully saturated rings. The number of aromatic nitrogens is 2. The van der Waals surface area contributed by atoms with Crippen LogP contribution in [0, 0.1) is 0 Å². The normalized spacial score (nSPS) is 11.0. The SMILES string of the molecule is O=C(O)c1cnn(Cc2ccc(CO)c(C(F)F)c2)c1. The molecule has 5 nitrogen and oxygen atoms in total. The summed E-state index contributed by atoms with van der Waals surface area (Å²) in [5.41, 5.74) is 0.537. The van der Waals surface area contributed by atoms with E-state index in [9.17, 15) is 13.6 Å². The van der Waals surface area contributed by atoms with E-state index in [1.165, 1.54) is 29.2 Å². The lowest BCUT2D eigenvalue weighted by atomic mass is 10.0. The standard InChI is InChI=1S/C13H12F2N2O3/c14-12(15)11-3-8(1-2-9(11)7-18)5-17-6-10(4-16-17)13(19)20/h1-4,6,12,18H,5,7H2,(H,19,20). The van der Waals surface area contributed by atoms with Crippen LogP contribution in [0.15, 0.2) is 30.6 Å². The Morgan fingerprint density at radius 1 is 1.40 bits per heavy atom. The van der Waals surface area contributed by atoms with Crippen molar-refractivity contribution in [3.8, 4) is 0 Å². The van der Waals surface area contributed by atoms with Crippen LogP contribution in [-0.4, -0.2) is 26.0 Å². The molecule has 0 aliphatic heterocycles. The summed E-state index contributed by atoms with van der Waals surface area (Å²) in [5.74, 6) is -1.10. The van der Waals surface area contributed by atoms with Gasteiger partial charge in [-0.25, -0.2) is 13.6 Å². The first-order valence-electron chi connectivity index (χ1n) is 5.77. The highest BCUT2D eigenvalue weighted by Gasteiger charge is 2.14. The van der Waals surface area contributed by atoms with Crippen LogP contribution in [0.2, 0.25) is 0 Å². The topological polar surface area (TPSA) is 75.3 Å². The maximum absolute atomic E-state index is 12.8. The minimum atomic E-state index is -2.68. The summed E-state index contributed by atoms with van der Waals surface area (Å²) in [4.78, 5) is 10.7. The number of rotatable bonds is 5. The largest absolute Gasteiger partial charge is 0.478 e. The molecule has 2 rings (SSSR count). The van der Waals surface area contributed by atoms with E-state index in [4.69, 9.17) is 10.2 Å². The average Bonchev–Trinajstić information content (AvgIpc) is 2.87. The zero-order valence-electron chi connectivity index (χ0n) is 10.3. The number of carbonyl (C=O) groups is 1. The number of aromatic carboxylic acids is 1. The Bertz CT molecular complexity index is 626. The Morgan fingerprint density at radius 3 is 2.70 bits per heavy atom. The number of aliphatic hydroxyl groups is 1. The highest BCUT2D eigenvalue weighted by molar-refractivity contribution is 5.86. The molecule has 20 heavy (non-hydrogen) atoms. The molecule has 0 saturated heterocycles. The zero-order valence-corrected chi connectivity index (χ0v) is 10.3. The van der Waals surface area contributed by atoms with Gasteiger partial charge in [-0.3, -0.25) is 4.68 Å². The quantitative estimate of drug-likeness (QED) is 0.880. The predicted molar refractivity (Wildman–Crippen MR) is 65.6 cm³/mol. The summed E-state index contributed by atoms with van der Waals surface area (Å²) in [5, 5.41) is 21.6. The first-order valence-corrected chi connectivity index (χ1v) is 5.77. The number of hydrogen-bond donors (Lipinski definition) is 2. The van der Waals surface area contributed by atoms with E-state index in [-0.39, 0.29) is 23.2 Å². The molecule has 7 heteroatoms. The predicted octanol–water partition coefficient (Wildman–Crippen LogP) is 2.06. The fourth-order valence-electron chi connectivity index (χ4n) is 1.84. The van der Waals surface area contributed by atoms with E-state index in [1.807, 2.05) is 0 Å². The molecule has 1 heterocycles. The molecule has 1 aromatic heterocycles. The number of alkyl halides is 2. The monoisotopic (exact) mass is 282 g/mol. The van der Waals surface area contributed by atoms with Crippen molar-refractivity contribution in [2.45, 2.75) is 19.6 Å². The summed E-state index contributed by atoms with van der Waals surface area (Å²) >= 11 is 0. The lowest BCUT2D eigenvalue weighted by Crippen LogP contribution is -2.03. The van der Waals surface area contributed by atoms with E-state index in [1.54, 1.807) is 6.07 Å². The second kappa shape index (κ2) is 5.79. The maximum Gasteiger partial charge on any atom is 0.338 e. The zero-order chi connectivity index (χ0) is 14.7. The molecule has 0 aliphatic rings. The summed E-state index contributed by atoms with van der Waals surface area (Å²) in [6.07, 6.45) is -0.160. The van der Waals surface area contributed by atoms with Crippen molar-refractivity contribution in [1.29, 1.82) is 0 Å². The van der Waals surface area contributed by atoms with Gasteiger partial charge >= 0.3 is 5.97 Å². The molecule has 0 aliphatic carbocycles. The molecule has 0 radical (unpaired) electrons. The minimum Gasteiger partial charge on any atom is -0.478 e. The van der Waals surface area contributed by atoms with Gasteiger partial charge in [-0.05, 0) is 17.2 Å². The minimum absolute atomic E-state index is 0.0334. The molecule has 106 valence electrons. The second-order valence-corrected chi connectivity index (χ2v) is 4.22. The van der Waals surface area contributed by atoms with Crippen molar-refractivity contribution in [2.75, 3.05) is 0 Å². The first kappa shape index (κ1) is 14.1. The van der Waals surface area contributed by atoms with Crippen molar-refractivity contribution in [1.82, 2.24) is 9.78 Å². The van der Waals surface area contributed by atoms with Crippen molar-refractivity contribution in [3.63, 3.8) is 0 Å². The average molecular weight is 282 g/mol. The van der Waals surface area contributed by atoms with Crippen LogP contribution in [-0.2, 0) is 13.2 Å². The number of carboxylic acids is 1. The van der Waals surface area contributed by atoms with E-state index in [0.717, 1.165) is 0 Å². The molecule has 0 saturated carbocycles. The first-order chi connectivity index (χ1) is 9.51. The van der Waals surface area contributed by atoms with Gasteiger partial charge in [0.2, 0.25) is 0 Å². The Morgan fingerprint density at radius 2 is 2.15 bits per heavy atom. The molecule has 2 N–H and O–H groups in total. The molecule has 2 aromatic rings. The second-order valence-electron chi connectivity index (χ2n) is 4.22. The maximum atomic E-state index is 12.8. The van der Waals surface area contributed by atoms with Crippen LogP contribution in [0.5, 0.6) is 0 Å². The van der Waals surface area contributed by atoms with Gasteiger partial charge in [-0.2, -0.15) is 5.10 Å². The van der Waals surface area contributed by atoms with Crippen molar-refractivity contribution in [2.24, 2.45) is 0 Å². The highest BCUT2D eigenvalue weighted by Crippen LogP contribution is 2.24. The molecular weight excluding hydrogens is 270 g/mol. The van der Waals surface area contributed by atoms with Crippen LogP contribution < -0.4 is 0 Å². The van der Waals surface area contributed by atoms with E-state index in [2.05, 4.69) is 5.10 Å². The van der Waals surface area contributed by atoms with Crippen LogP contribution in [0.3, 0.4) is 0 Å². The fraction of sp³-hybridized carbons (Fsp3) is 0.231. The molecule has 0 unspecified atom stereocenters. The van der Waals surface area contributed by atoms with Crippen LogP contribution in [0.1, 0.15) is 33.5 Å². The summed E-state index contributed by atoms with van der Waals surface area (Å²) in [6.45, 7) is -0.274. The summed E-state index contributed by atoms with van der Waals surface area (Å²) in [7, 11) is 0. The van der Waals surface area contributed by atoms with E-state index < -0.39 is 19.0 Å². The number of carboxylic acid groups (broad SMARTS) is 1. The van der Waals surface area contributed by atoms with Gasteiger partial charge < -0.3 is 10.2 Å². The molecule has 0 amide bonds. The highest BCUT2D eigenvalue weighted by atomic mass is 19.3. The van der Waals surface area contributed by atoms with Crippen molar-refractivity contribution in [3.05, 3.63) is 52.8 Å². The molecule has 0 spiro atoms. The number of halogens is 2. The van der Waals surface area contributed by atoms with Gasteiger partial charge in [0.15, 0.2) is 0 Å². The number of aliphatic hydroxyl groups excluding tert-OH is 1. The van der Waals surface area contributed by atoms with E-state index >= 15 is 0 Å². The lowest BCUT2D eigenvalue weighted by molar-refractivity contribution is 0.0696. The molecule has 1 aromatic carbocycles. The van der Waals surface area contributed by atoms with Crippen molar-refractivity contribution >= 4 is 5.97 Å². The Balaban J connectivity index is 2.24. The smallest absolute Gasteiger partial charge is 0.338 e. The Hall–Kier alpha value is -2.28. The molecule has 0 atom stereocenters. The molecule has 0 bridgehead atoms. The third-order valence-electron chi connectivity index (χ3n) is 2.84. The van der Waals surface area contributed by atoms with Crippen molar-refractivity contribution < 1.29 is 23.8 Å². The summed E-state index contributed by atoms with van der Waals surface area (Å²) in [6, 6.07) is 4.32. The van der Waals surface area contributed by atoms with Gasteiger partial charge in [0.1, 0.15) is 0 Å². The Kier molecular flexibility index (Phi) is 4.09. The number of benzene rings is 1. The van der Waals surface area contributed by atoms with Gasteiger partial charge in [-0.15, -0.1) is 0 Å². The van der Waals surface area contributed by atoms with Crippen LogP contribution >= 0.6 is 0 Å². The van der Waals surface area contributed by atoms with Gasteiger partial charge in [0.25, 0.3) is 6.43 Å². The van der Waals surface area contributed by atoms with E-state index in [0.29, 0.717) is 5.56 Å². The van der Waals surface area contributed by atoms with Crippen LogP contribution in [0.25, 0.3) is 0 Å². The molecular formula is C13H12F2N2O3. The van der Waals surface area contributed by atoms with Gasteiger partial charge in [0, 0.05) is 11.8 Å².